The summed E-state index contributed by atoms with van der Waals surface area (Å²) in [4.78, 5) is 13.9. The average Bonchev–Trinajstić information content (AvgIpc) is 2.69. The highest BCUT2D eigenvalue weighted by atomic mass is 32.2. The number of carbonyl (C=O) groups excluding carboxylic acids is 1. The van der Waals surface area contributed by atoms with E-state index in [-0.39, 0.29) is 11.9 Å². The molecule has 1 atom stereocenters. The smallest absolute Gasteiger partial charge is 0.251 e. The second-order valence-corrected chi connectivity index (χ2v) is 8.40. The summed E-state index contributed by atoms with van der Waals surface area (Å²) < 4.78 is 0. The molecular formula is C25H27NOS. The van der Waals surface area contributed by atoms with E-state index in [9.17, 15) is 4.79 Å². The summed E-state index contributed by atoms with van der Waals surface area (Å²) in [6, 6.07) is 22.8. The zero-order valence-corrected chi connectivity index (χ0v) is 17.8. The third-order valence-corrected chi connectivity index (χ3v) is 5.97. The van der Waals surface area contributed by atoms with Gasteiger partial charge in [0.25, 0.3) is 5.91 Å². The SMILES string of the molecule is Cc1ccc(SCc2ccc(C(=O)N[C@@H](C)c3cc(C)ccc3C)cc2)cc1. The molecule has 0 spiro atoms. The van der Waals surface area contributed by atoms with E-state index in [0.29, 0.717) is 5.56 Å². The summed E-state index contributed by atoms with van der Waals surface area (Å²) >= 11 is 1.81. The van der Waals surface area contributed by atoms with Gasteiger partial charge in [-0.05, 0) is 68.7 Å². The molecule has 0 heterocycles. The number of nitrogens with one attached hydrogen (secondary N) is 1. The molecule has 1 N–H and O–H groups in total. The molecule has 3 rings (SSSR count). The minimum absolute atomic E-state index is 0.0239. The van der Waals surface area contributed by atoms with Gasteiger partial charge in [0.15, 0.2) is 0 Å². The minimum atomic E-state index is -0.0360. The topological polar surface area (TPSA) is 29.1 Å². The quantitative estimate of drug-likeness (QED) is 0.495. The lowest BCUT2D eigenvalue weighted by Crippen LogP contribution is -2.27. The molecule has 28 heavy (non-hydrogen) atoms. The Labute approximate surface area is 172 Å². The summed E-state index contributed by atoms with van der Waals surface area (Å²) in [7, 11) is 0. The number of hydrogen-bond acceptors (Lipinski definition) is 2. The lowest BCUT2D eigenvalue weighted by molar-refractivity contribution is 0.0940. The van der Waals surface area contributed by atoms with Crippen LogP contribution in [0.15, 0.2) is 71.6 Å². The Balaban J connectivity index is 1.60. The van der Waals surface area contributed by atoms with E-state index in [1.54, 1.807) is 11.8 Å². The van der Waals surface area contributed by atoms with Gasteiger partial charge in [-0.3, -0.25) is 4.79 Å². The van der Waals surface area contributed by atoms with Gasteiger partial charge in [-0.2, -0.15) is 0 Å². The van der Waals surface area contributed by atoms with Crippen LogP contribution in [0.5, 0.6) is 0 Å². The molecular weight excluding hydrogens is 362 g/mol. The maximum Gasteiger partial charge on any atom is 0.251 e. The van der Waals surface area contributed by atoms with Crippen LogP contribution < -0.4 is 5.32 Å². The van der Waals surface area contributed by atoms with Crippen molar-refractivity contribution >= 4 is 17.7 Å². The monoisotopic (exact) mass is 389 g/mol. The van der Waals surface area contributed by atoms with Crippen molar-refractivity contribution in [1.29, 1.82) is 0 Å². The van der Waals surface area contributed by atoms with Gasteiger partial charge in [0.1, 0.15) is 0 Å². The lowest BCUT2D eigenvalue weighted by Gasteiger charge is -2.17. The Morgan fingerprint density at radius 2 is 1.54 bits per heavy atom. The largest absolute Gasteiger partial charge is 0.346 e. The highest BCUT2D eigenvalue weighted by molar-refractivity contribution is 7.98. The summed E-state index contributed by atoms with van der Waals surface area (Å²) in [6.07, 6.45) is 0. The molecule has 0 bridgehead atoms. The van der Waals surface area contributed by atoms with Crippen molar-refractivity contribution < 1.29 is 4.79 Å². The average molecular weight is 390 g/mol. The number of amides is 1. The van der Waals surface area contributed by atoms with Crippen LogP contribution >= 0.6 is 11.8 Å². The van der Waals surface area contributed by atoms with Crippen molar-refractivity contribution in [3.8, 4) is 0 Å². The predicted molar refractivity (Wildman–Crippen MR) is 119 cm³/mol. The van der Waals surface area contributed by atoms with Gasteiger partial charge in [-0.1, -0.05) is 53.6 Å². The fourth-order valence-electron chi connectivity index (χ4n) is 3.14. The Morgan fingerprint density at radius 1 is 0.893 bits per heavy atom. The van der Waals surface area contributed by atoms with Gasteiger partial charge in [0.05, 0.1) is 6.04 Å². The van der Waals surface area contributed by atoms with Gasteiger partial charge >= 0.3 is 0 Å². The van der Waals surface area contributed by atoms with Gasteiger partial charge in [-0.15, -0.1) is 11.8 Å². The van der Waals surface area contributed by atoms with Crippen LogP contribution in [0, 0.1) is 20.8 Å². The highest BCUT2D eigenvalue weighted by Gasteiger charge is 2.13. The Morgan fingerprint density at radius 3 is 2.21 bits per heavy atom. The maximum atomic E-state index is 12.6. The summed E-state index contributed by atoms with van der Waals surface area (Å²) in [6.45, 7) is 8.29. The van der Waals surface area contributed by atoms with Crippen molar-refractivity contribution in [2.45, 2.75) is 44.4 Å². The van der Waals surface area contributed by atoms with E-state index in [4.69, 9.17) is 0 Å². The summed E-state index contributed by atoms with van der Waals surface area (Å²) in [5.74, 6) is 0.857. The van der Waals surface area contributed by atoms with Crippen LogP contribution in [0.2, 0.25) is 0 Å². The Kier molecular flexibility index (Phi) is 6.58. The van der Waals surface area contributed by atoms with E-state index >= 15 is 0 Å². The number of rotatable bonds is 6. The summed E-state index contributed by atoms with van der Waals surface area (Å²) in [5, 5.41) is 3.12. The molecule has 0 aliphatic carbocycles. The second kappa shape index (κ2) is 9.11. The summed E-state index contributed by atoms with van der Waals surface area (Å²) in [5.41, 5.74) is 6.75. The molecule has 0 unspecified atom stereocenters. The van der Waals surface area contributed by atoms with Crippen molar-refractivity contribution in [2.24, 2.45) is 0 Å². The van der Waals surface area contributed by atoms with Crippen LogP contribution in [-0.4, -0.2) is 5.91 Å². The van der Waals surface area contributed by atoms with E-state index < -0.39 is 0 Å². The molecule has 0 saturated heterocycles. The molecule has 0 fully saturated rings. The van der Waals surface area contributed by atoms with E-state index in [1.165, 1.54) is 32.7 Å². The van der Waals surface area contributed by atoms with Gasteiger partial charge in [-0.25, -0.2) is 0 Å². The molecule has 0 aliphatic rings. The third kappa shape index (κ3) is 5.26. The molecule has 0 aromatic heterocycles. The first kappa shape index (κ1) is 20.2. The molecule has 0 radical (unpaired) electrons. The van der Waals surface area contributed by atoms with Crippen LogP contribution in [0.3, 0.4) is 0 Å². The Bertz CT molecular complexity index is 945. The van der Waals surface area contributed by atoms with Crippen LogP contribution in [-0.2, 0) is 5.75 Å². The normalized spacial score (nSPS) is 11.9. The van der Waals surface area contributed by atoms with Gasteiger partial charge in [0.2, 0.25) is 0 Å². The van der Waals surface area contributed by atoms with Gasteiger partial charge in [0, 0.05) is 16.2 Å². The fraction of sp³-hybridized carbons (Fsp3) is 0.240. The van der Waals surface area contributed by atoms with Crippen LogP contribution in [0.1, 0.15) is 51.1 Å². The second-order valence-electron chi connectivity index (χ2n) is 7.35. The standard InChI is InChI=1S/C25H27NOS/c1-17-6-13-23(14-7-17)28-16-21-9-11-22(12-10-21)25(27)26-20(4)24-15-18(2)5-8-19(24)3/h5-15,20H,16H2,1-4H3,(H,26,27)/t20-/m0/s1. The Hall–Kier alpha value is -2.52. The number of benzene rings is 3. The number of carbonyl (C=O) groups is 1. The molecule has 0 saturated carbocycles. The molecule has 0 aliphatic heterocycles. The van der Waals surface area contributed by atoms with E-state index in [0.717, 1.165) is 5.75 Å². The van der Waals surface area contributed by atoms with Crippen LogP contribution in [0.25, 0.3) is 0 Å². The van der Waals surface area contributed by atoms with E-state index in [1.807, 2.05) is 31.2 Å². The zero-order chi connectivity index (χ0) is 20.1. The molecule has 3 heteroatoms. The predicted octanol–water partition coefficient (Wildman–Crippen LogP) is 6.40. The first-order chi connectivity index (χ1) is 13.4. The van der Waals surface area contributed by atoms with E-state index in [2.05, 4.69) is 68.6 Å². The third-order valence-electron chi connectivity index (χ3n) is 4.89. The molecule has 2 nitrogen and oxygen atoms in total. The first-order valence-electron chi connectivity index (χ1n) is 9.59. The highest BCUT2D eigenvalue weighted by Crippen LogP contribution is 2.23. The maximum absolute atomic E-state index is 12.6. The zero-order valence-electron chi connectivity index (χ0n) is 17.0. The molecule has 144 valence electrons. The fourth-order valence-corrected chi connectivity index (χ4v) is 3.99. The number of aryl methyl sites for hydroxylation is 3. The van der Waals surface area contributed by atoms with Crippen molar-refractivity contribution in [3.05, 3.63) is 100 Å². The van der Waals surface area contributed by atoms with Crippen LogP contribution in [0.4, 0.5) is 0 Å². The first-order valence-corrected chi connectivity index (χ1v) is 10.6. The van der Waals surface area contributed by atoms with Crippen molar-refractivity contribution in [2.75, 3.05) is 0 Å². The van der Waals surface area contributed by atoms with Gasteiger partial charge < -0.3 is 5.32 Å². The van der Waals surface area contributed by atoms with Crippen molar-refractivity contribution in [3.63, 3.8) is 0 Å². The molecule has 3 aromatic carbocycles. The minimum Gasteiger partial charge on any atom is -0.346 e. The molecule has 1 amide bonds. The molecule has 3 aromatic rings. The lowest BCUT2D eigenvalue weighted by atomic mass is 9.99. The van der Waals surface area contributed by atoms with Crippen molar-refractivity contribution in [1.82, 2.24) is 5.32 Å². The number of hydrogen-bond donors (Lipinski definition) is 1. The number of thioether (sulfide) groups is 1.